The van der Waals surface area contributed by atoms with E-state index in [4.69, 9.17) is 4.98 Å². The van der Waals surface area contributed by atoms with Crippen LogP contribution in [0.2, 0.25) is 0 Å². The van der Waals surface area contributed by atoms with Crippen molar-refractivity contribution in [2.75, 3.05) is 13.1 Å². The minimum Gasteiger partial charge on any atom is -0.303 e. The summed E-state index contributed by atoms with van der Waals surface area (Å²) in [6.45, 7) is 9.82. The number of hydrogen-bond donors (Lipinski definition) is 0. The third-order valence-corrected chi connectivity index (χ3v) is 4.51. The minimum absolute atomic E-state index is 0.453. The number of aryl methyl sites for hydroxylation is 1. The number of pyridine rings is 1. The Labute approximate surface area is 151 Å². The molecule has 2 rings (SSSR count). The van der Waals surface area contributed by atoms with Crippen molar-refractivity contribution in [2.45, 2.75) is 59.4 Å². The van der Waals surface area contributed by atoms with Gasteiger partial charge in [-0.1, -0.05) is 45.8 Å². The lowest BCUT2D eigenvalue weighted by Crippen LogP contribution is -2.25. The smallest absolute Gasteiger partial charge is 0.137 e. The van der Waals surface area contributed by atoms with Crippen LogP contribution in [0, 0.1) is 0 Å². The van der Waals surface area contributed by atoms with Crippen molar-refractivity contribution < 1.29 is 4.79 Å². The SMILES string of the molecule is CCCCN(CC)Cc1c(CCC)nc2cc(/C=C/CC=O)ccn12. The Balaban J connectivity index is 2.32. The Morgan fingerprint density at radius 1 is 1.24 bits per heavy atom. The van der Waals surface area contributed by atoms with Crippen LogP contribution in [-0.2, 0) is 17.8 Å². The van der Waals surface area contributed by atoms with Gasteiger partial charge in [0, 0.05) is 19.2 Å². The minimum atomic E-state index is 0.453. The molecule has 0 amide bonds. The van der Waals surface area contributed by atoms with Gasteiger partial charge in [0.15, 0.2) is 0 Å². The lowest BCUT2D eigenvalue weighted by molar-refractivity contribution is -0.107. The number of aromatic nitrogens is 2. The number of nitrogens with zero attached hydrogens (tertiary/aromatic N) is 3. The first-order valence-electron chi connectivity index (χ1n) is 9.55. The number of aldehydes is 1. The number of allylic oxidation sites excluding steroid dienone is 1. The van der Waals surface area contributed by atoms with Crippen LogP contribution in [-0.4, -0.2) is 33.7 Å². The molecule has 0 spiro atoms. The van der Waals surface area contributed by atoms with Crippen LogP contribution in [0.3, 0.4) is 0 Å². The number of unbranched alkanes of at least 4 members (excludes halogenated alkanes) is 1. The Hall–Kier alpha value is -1.94. The second-order valence-corrected chi connectivity index (χ2v) is 6.47. The lowest BCUT2D eigenvalue weighted by Gasteiger charge is -2.20. The highest BCUT2D eigenvalue weighted by Gasteiger charge is 2.14. The number of carbonyl (C=O) groups is 1. The fourth-order valence-corrected chi connectivity index (χ4v) is 3.07. The molecule has 0 aliphatic rings. The first-order chi connectivity index (χ1) is 12.2. The molecule has 2 aromatic heterocycles. The molecule has 2 aromatic rings. The fourth-order valence-electron chi connectivity index (χ4n) is 3.07. The van der Waals surface area contributed by atoms with Crippen molar-refractivity contribution in [3.63, 3.8) is 0 Å². The summed E-state index contributed by atoms with van der Waals surface area (Å²) in [5, 5.41) is 0. The number of rotatable bonds is 11. The Kier molecular flexibility index (Phi) is 7.86. The largest absolute Gasteiger partial charge is 0.303 e. The van der Waals surface area contributed by atoms with Crippen LogP contribution >= 0.6 is 0 Å². The van der Waals surface area contributed by atoms with Gasteiger partial charge in [-0.25, -0.2) is 4.98 Å². The fraction of sp³-hybridized carbons (Fsp3) is 0.524. The van der Waals surface area contributed by atoms with E-state index >= 15 is 0 Å². The van der Waals surface area contributed by atoms with Crippen LogP contribution in [0.15, 0.2) is 24.4 Å². The van der Waals surface area contributed by atoms with Crippen LogP contribution in [0.5, 0.6) is 0 Å². The predicted octanol–water partition coefficient (Wildman–Crippen LogP) is 4.51. The van der Waals surface area contributed by atoms with E-state index in [9.17, 15) is 4.79 Å². The molecule has 136 valence electrons. The molecule has 0 aliphatic carbocycles. The highest BCUT2D eigenvalue weighted by molar-refractivity contribution is 5.60. The number of hydrogen-bond acceptors (Lipinski definition) is 3. The first-order valence-corrected chi connectivity index (χ1v) is 9.55. The Morgan fingerprint density at radius 3 is 2.76 bits per heavy atom. The van der Waals surface area contributed by atoms with Crippen molar-refractivity contribution in [3.05, 3.63) is 41.4 Å². The maximum atomic E-state index is 10.5. The van der Waals surface area contributed by atoms with Gasteiger partial charge in [-0.3, -0.25) is 4.90 Å². The first kappa shape index (κ1) is 19.4. The summed E-state index contributed by atoms with van der Waals surface area (Å²) in [5.41, 5.74) is 4.62. The van der Waals surface area contributed by atoms with Crippen molar-refractivity contribution in [3.8, 4) is 0 Å². The molecule has 25 heavy (non-hydrogen) atoms. The van der Waals surface area contributed by atoms with Gasteiger partial charge in [0.25, 0.3) is 0 Å². The van der Waals surface area contributed by atoms with Gasteiger partial charge in [-0.2, -0.15) is 0 Å². The van der Waals surface area contributed by atoms with E-state index in [1.807, 2.05) is 12.2 Å². The topological polar surface area (TPSA) is 37.6 Å². The van der Waals surface area contributed by atoms with Crippen molar-refractivity contribution in [2.24, 2.45) is 0 Å². The van der Waals surface area contributed by atoms with Crippen molar-refractivity contribution in [1.29, 1.82) is 0 Å². The van der Waals surface area contributed by atoms with E-state index in [0.717, 1.165) is 50.0 Å². The molecule has 4 heteroatoms. The number of fused-ring (bicyclic) bond motifs is 1. The zero-order chi connectivity index (χ0) is 18.1. The maximum Gasteiger partial charge on any atom is 0.137 e. The highest BCUT2D eigenvalue weighted by atomic mass is 16.1. The van der Waals surface area contributed by atoms with Crippen molar-refractivity contribution in [1.82, 2.24) is 14.3 Å². The van der Waals surface area contributed by atoms with E-state index in [0.29, 0.717) is 6.42 Å². The molecule has 0 radical (unpaired) electrons. The molecule has 0 saturated heterocycles. The molecule has 0 saturated carbocycles. The third kappa shape index (κ3) is 5.27. The molecule has 2 heterocycles. The van der Waals surface area contributed by atoms with Crippen molar-refractivity contribution >= 4 is 18.0 Å². The van der Waals surface area contributed by atoms with Gasteiger partial charge < -0.3 is 9.20 Å². The molecule has 0 atom stereocenters. The highest BCUT2D eigenvalue weighted by Crippen LogP contribution is 2.19. The summed E-state index contributed by atoms with van der Waals surface area (Å²) in [5.74, 6) is 0. The third-order valence-electron chi connectivity index (χ3n) is 4.51. The average Bonchev–Trinajstić information content (AvgIpc) is 2.95. The molecule has 0 N–H and O–H groups in total. The molecule has 0 unspecified atom stereocenters. The van der Waals surface area contributed by atoms with E-state index < -0.39 is 0 Å². The summed E-state index contributed by atoms with van der Waals surface area (Å²) in [6.07, 6.45) is 11.9. The summed E-state index contributed by atoms with van der Waals surface area (Å²) >= 11 is 0. The van der Waals surface area contributed by atoms with Crippen LogP contribution in [0.1, 0.15) is 63.4 Å². The van der Waals surface area contributed by atoms with E-state index in [2.05, 4.69) is 48.4 Å². The molecule has 0 fully saturated rings. The van der Waals surface area contributed by atoms with E-state index in [1.54, 1.807) is 0 Å². The van der Waals surface area contributed by atoms with Gasteiger partial charge in [0.1, 0.15) is 11.9 Å². The quantitative estimate of drug-likeness (QED) is 0.564. The summed E-state index contributed by atoms with van der Waals surface area (Å²) in [4.78, 5) is 17.9. The summed E-state index contributed by atoms with van der Waals surface area (Å²) < 4.78 is 2.23. The second kappa shape index (κ2) is 10.1. The Morgan fingerprint density at radius 2 is 2.08 bits per heavy atom. The van der Waals surface area contributed by atoms with Crippen LogP contribution in [0.25, 0.3) is 11.7 Å². The van der Waals surface area contributed by atoms with Gasteiger partial charge in [-0.05, 0) is 43.6 Å². The monoisotopic (exact) mass is 341 g/mol. The van der Waals surface area contributed by atoms with E-state index in [1.165, 1.54) is 24.2 Å². The Bertz CT molecular complexity index is 702. The second-order valence-electron chi connectivity index (χ2n) is 6.47. The lowest BCUT2D eigenvalue weighted by atomic mass is 10.2. The van der Waals surface area contributed by atoms with Gasteiger partial charge in [0.2, 0.25) is 0 Å². The number of imidazole rings is 1. The predicted molar refractivity (Wildman–Crippen MR) is 105 cm³/mol. The van der Waals surface area contributed by atoms with Gasteiger partial charge >= 0.3 is 0 Å². The molecule has 4 nitrogen and oxygen atoms in total. The van der Waals surface area contributed by atoms with Crippen LogP contribution < -0.4 is 0 Å². The van der Waals surface area contributed by atoms with Gasteiger partial charge in [0.05, 0.1) is 11.4 Å². The average molecular weight is 341 g/mol. The molecule has 0 bridgehead atoms. The zero-order valence-electron chi connectivity index (χ0n) is 15.9. The molecular formula is C21H31N3O. The number of carbonyl (C=O) groups excluding carboxylic acids is 1. The normalized spacial score (nSPS) is 11.8. The van der Waals surface area contributed by atoms with Gasteiger partial charge in [-0.15, -0.1) is 0 Å². The maximum absolute atomic E-state index is 10.5. The molecular weight excluding hydrogens is 310 g/mol. The molecule has 0 aliphatic heterocycles. The zero-order valence-corrected chi connectivity index (χ0v) is 15.9. The summed E-state index contributed by atoms with van der Waals surface area (Å²) in [6, 6.07) is 4.20. The van der Waals surface area contributed by atoms with E-state index in [-0.39, 0.29) is 0 Å². The standard InChI is InChI=1S/C21H31N3O/c1-4-7-13-23(6-3)17-20-19(10-5-2)22-21-16-18(11-8-9-15-25)12-14-24(20)21/h8,11-12,14-16H,4-7,9-10,13,17H2,1-3H3/b11-8+. The van der Waals surface area contributed by atoms with Crippen LogP contribution in [0.4, 0.5) is 0 Å². The molecule has 0 aromatic carbocycles. The summed E-state index contributed by atoms with van der Waals surface area (Å²) in [7, 11) is 0.